The molecule has 30 heavy (non-hydrogen) atoms. The van der Waals surface area contributed by atoms with Gasteiger partial charge in [0.25, 0.3) is 0 Å². The summed E-state index contributed by atoms with van der Waals surface area (Å²) in [6.07, 6.45) is 17.3. The van der Waals surface area contributed by atoms with Crippen LogP contribution in [0.1, 0.15) is 97.8 Å². The Bertz CT molecular complexity index is 620. The van der Waals surface area contributed by atoms with Crippen LogP contribution < -0.4 is 0 Å². The summed E-state index contributed by atoms with van der Waals surface area (Å²) in [7, 11) is 1.94. The SMILES string of the molecule is C[C@H](CCCN(C)CC(=O)O)[C@H]1CC[C@H]2[C@@H]3CCC4CCCC[C@]4(C)[C@H]3CC[C@]12C. The molecule has 1 unspecified atom stereocenters. The lowest BCUT2D eigenvalue weighted by atomic mass is 9.44. The predicted molar refractivity (Wildman–Crippen MR) is 123 cm³/mol. The van der Waals surface area contributed by atoms with Gasteiger partial charge in [0.15, 0.2) is 0 Å². The highest BCUT2D eigenvalue weighted by Gasteiger charge is 2.59. The maximum absolute atomic E-state index is 10.9. The van der Waals surface area contributed by atoms with E-state index in [9.17, 15) is 4.79 Å². The number of likely N-dealkylation sites (N-methyl/N-ethyl adjacent to an activating group) is 1. The van der Waals surface area contributed by atoms with Crippen molar-refractivity contribution in [2.24, 2.45) is 46.3 Å². The molecule has 4 saturated carbocycles. The molecule has 172 valence electrons. The Kier molecular flexibility index (Phi) is 6.60. The number of carbonyl (C=O) groups is 1. The molecule has 3 nitrogen and oxygen atoms in total. The standard InChI is InChI=1S/C27H47NO2/c1-19(8-7-17-28(4)18-25(29)30)22-12-13-23-21-11-10-20-9-5-6-15-26(20,2)24(21)14-16-27(22,23)3/h19-24H,5-18H2,1-4H3,(H,29,30)/t19-,20?,21+,22-,23+,24+,26+,27-/m1/s1. The van der Waals surface area contributed by atoms with Gasteiger partial charge in [0.1, 0.15) is 0 Å². The van der Waals surface area contributed by atoms with Gasteiger partial charge >= 0.3 is 5.97 Å². The van der Waals surface area contributed by atoms with Crippen molar-refractivity contribution >= 4 is 5.97 Å². The molecule has 0 saturated heterocycles. The molecule has 0 aromatic rings. The van der Waals surface area contributed by atoms with Crippen LogP contribution >= 0.6 is 0 Å². The van der Waals surface area contributed by atoms with Crippen LogP contribution in [0.3, 0.4) is 0 Å². The Labute approximate surface area is 185 Å². The Balaban J connectivity index is 1.38. The molecule has 4 rings (SSSR count). The molecule has 0 spiro atoms. The molecule has 0 bridgehead atoms. The fourth-order valence-electron chi connectivity index (χ4n) is 9.46. The van der Waals surface area contributed by atoms with Crippen molar-refractivity contribution in [3.05, 3.63) is 0 Å². The molecule has 0 aromatic heterocycles. The first-order valence-electron chi connectivity index (χ1n) is 13.2. The number of carboxylic acid groups (broad SMARTS) is 1. The van der Waals surface area contributed by atoms with E-state index in [4.69, 9.17) is 5.11 Å². The maximum atomic E-state index is 10.9. The smallest absolute Gasteiger partial charge is 0.317 e. The van der Waals surface area contributed by atoms with E-state index >= 15 is 0 Å². The molecule has 0 aliphatic heterocycles. The molecule has 4 fully saturated rings. The van der Waals surface area contributed by atoms with E-state index in [-0.39, 0.29) is 6.54 Å². The van der Waals surface area contributed by atoms with Crippen LogP contribution in [0.25, 0.3) is 0 Å². The van der Waals surface area contributed by atoms with Crippen LogP contribution in [-0.4, -0.2) is 36.1 Å². The van der Waals surface area contributed by atoms with Crippen molar-refractivity contribution in [3.8, 4) is 0 Å². The predicted octanol–water partition coefficient (Wildman–Crippen LogP) is 6.47. The minimum absolute atomic E-state index is 0.167. The molecule has 3 heteroatoms. The van der Waals surface area contributed by atoms with Gasteiger partial charge in [0, 0.05) is 0 Å². The zero-order valence-electron chi connectivity index (χ0n) is 20.2. The zero-order chi connectivity index (χ0) is 21.5. The molecule has 4 aliphatic rings. The lowest BCUT2D eigenvalue weighted by molar-refractivity contribution is -0.138. The first kappa shape index (κ1) is 22.6. The molecule has 8 atom stereocenters. The number of hydrogen-bond donors (Lipinski definition) is 1. The number of carboxylic acids is 1. The summed E-state index contributed by atoms with van der Waals surface area (Å²) in [6, 6.07) is 0. The first-order chi connectivity index (χ1) is 14.3. The Morgan fingerprint density at radius 3 is 2.53 bits per heavy atom. The van der Waals surface area contributed by atoms with Gasteiger partial charge in [-0.2, -0.15) is 0 Å². The van der Waals surface area contributed by atoms with E-state index in [1.54, 1.807) is 0 Å². The summed E-state index contributed by atoms with van der Waals surface area (Å²) in [6.45, 7) is 8.95. The Hall–Kier alpha value is -0.570. The summed E-state index contributed by atoms with van der Waals surface area (Å²) in [5, 5.41) is 8.97. The zero-order valence-corrected chi connectivity index (χ0v) is 20.2. The topological polar surface area (TPSA) is 40.5 Å². The van der Waals surface area contributed by atoms with Gasteiger partial charge in [-0.1, -0.05) is 33.6 Å². The number of aliphatic carboxylic acids is 1. The third-order valence-corrected chi connectivity index (χ3v) is 10.9. The summed E-state index contributed by atoms with van der Waals surface area (Å²) >= 11 is 0. The molecular formula is C27H47NO2. The van der Waals surface area contributed by atoms with Gasteiger partial charge in [-0.25, -0.2) is 0 Å². The highest BCUT2D eigenvalue weighted by atomic mass is 16.4. The molecular weight excluding hydrogens is 370 g/mol. The lowest BCUT2D eigenvalue weighted by Gasteiger charge is -2.61. The number of rotatable bonds is 7. The fourth-order valence-corrected chi connectivity index (χ4v) is 9.46. The monoisotopic (exact) mass is 417 g/mol. The van der Waals surface area contributed by atoms with Crippen molar-refractivity contribution in [2.45, 2.75) is 97.8 Å². The lowest BCUT2D eigenvalue weighted by Crippen LogP contribution is -2.53. The van der Waals surface area contributed by atoms with Crippen LogP contribution in [0, 0.1) is 46.3 Å². The van der Waals surface area contributed by atoms with Crippen molar-refractivity contribution in [1.29, 1.82) is 0 Å². The molecule has 0 amide bonds. The molecule has 0 aromatic carbocycles. The highest BCUT2D eigenvalue weighted by molar-refractivity contribution is 5.68. The second kappa shape index (κ2) is 8.75. The van der Waals surface area contributed by atoms with Crippen molar-refractivity contribution in [1.82, 2.24) is 4.90 Å². The number of nitrogens with zero attached hydrogens (tertiary/aromatic N) is 1. The molecule has 4 aliphatic carbocycles. The summed E-state index contributed by atoms with van der Waals surface area (Å²) in [5.74, 6) is 4.94. The van der Waals surface area contributed by atoms with E-state index in [1.165, 1.54) is 70.6 Å². The van der Waals surface area contributed by atoms with Crippen LogP contribution in [0.5, 0.6) is 0 Å². The van der Waals surface area contributed by atoms with Crippen molar-refractivity contribution in [2.75, 3.05) is 20.1 Å². The average molecular weight is 418 g/mol. The van der Waals surface area contributed by atoms with Gasteiger partial charge in [0.05, 0.1) is 6.54 Å². The third-order valence-electron chi connectivity index (χ3n) is 10.9. The van der Waals surface area contributed by atoms with Crippen LogP contribution in [0.2, 0.25) is 0 Å². The van der Waals surface area contributed by atoms with Gasteiger partial charge in [-0.05, 0) is 124 Å². The van der Waals surface area contributed by atoms with Crippen LogP contribution in [-0.2, 0) is 4.79 Å². The van der Waals surface area contributed by atoms with Gasteiger partial charge < -0.3 is 5.11 Å². The van der Waals surface area contributed by atoms with Crippen molar-refractivity contribution in [3.63, 3.8) is 0 Å². The maximum Gasteiger partial charge on any atom is 0.317 e. The van der Waals surface area contributed by atoms with Crippen molar-refractivity contribution < 1.29 is 9.90 Å². The quantitative estimate of drug-likeness (QED) is 0.516. The molecule has 0 radical (unpaired) electrons. The summed E-state index contributed by atoms with van der Waals surface area (Å²) < 4.78 is 0. The van der Waals surface area contributed by atoms with E-state index in [0.717, 1.165) is 48.5 Å². The van der Waals surface area contributed by atoms with Gasteiger partial charge in [-0.15, -0.1) is 0 Å². The Morgan fingerprint density at radius 2 is 1.77 bits per heavy atom. The second-order valence-electron chi connectivity index (χ2n) is 12.4. The minimum atomic E-state index is -0.713. The number of hydrogen-bond acceptors (Lipinski definition) is 2. The number of fused-ring (bicyclic) bond motifs is 5. The van der Waals surface area contributed by atoms with Gasteiger partial charge in [0.2, 0.25) is 0 Å². The van der Waals surface area contributed by atoms with E-state index in [1.807, 2.05) is 11.9 Å². The van der Waals surface area contributed by atoms with Crippen LogP contribution in [0.4, 0.5) is 0 Å². The Morgan fingerprint density at radius 1 is 1.00 bits per heavy atom. The third kappa shape index (κ3) is 3.97. The normalized spacial score (nSPS) is 44.2. The van der Waals surface area contributed by atoms with E-state index < -0.39 is 5.97 Å². The average Bonchev–Trinajstić information content (AvgIpc) is 3.04. The summed E-state index contributed by atoms with van der Waals surface area (Å²) in [5.41, 5.74) is 1.21. The highest BCUT2D eigenvalue weighted by Crippen LogP contribution is 2.68. The van der Waals surface area contributed by atoms with E-state index in [0.29, 0.717) is 10.8 Å². The summed E-state index contributed by atoms with van der Waals surface area (Å²) in [4.78, 5) is 12.9. The molecule has 0 heterocycles. The van der Waals surface area contributed by atoms with Gasteiger partial charge in [-0.3, -0.25) is 9.69 Å². The minimum Gasteiger partial charge on any atom is -0.480 e. The fraction of sp³-hybridized carbons (Fsp3) is 0.963. The largest absolute Gasteiger partial charge is 0.480 e. The second-order valence-corrected chi connectivity index (χ2v) is 12.4. The first-order valence-corrected chi connectivity index (χ1v) is 13.2. The van der Waals surface area contributed by atoms with Crippen LogP contribution in [0.15, 0.2) is 0 Å². The van der Waals surface area contributed by atoms with E-state index in [2.05, 4.69) is 20.8 Å². The molecule has 1 N–H and O–H groups in total.